The second-order valence-corrected chi connectivity index (χ2v) is 7.21. The SMILES string of the molecule is C[C@H]1CCCN(Cc2ccc(C(=O)Nc3ccc(OC(F)(F)F)cc3)cc2)C1. The van der Waals surface area contributed by atoms with E-state index in [9.17, 15) is 18.0 Å². The van der Waals surface area contributed by atoms with E-state index in [0.717, 1.165) is 37.3 Å². The number of carbonyl (C=O) groups is 1. The first-order chi connectivity index (χ1) is 13.3. The molecule has 1 atom stereocenters. The number of benzene rings is 2. The molecule has 1 saturated heterocycles. The minimum absolute atomic E-state index is 0.317. The third-order valence-electron chi connectivity index (χ3n) is 4.71. The quantitative estimate of drug-likeness (QED) is 0.773. The zero-order valence-corrected chi connectivity index (χ0v) is 15.6. The maximum Gasteiger partial charge on any atom is 0.573 e. The molecule has 2 aromatic rings. The molecule has 28 heavy (non-hydrogen) atoms. The molecule has 1 amide bonds. The Labute approximate surface area is 162 Å². The first-order valence-electron chi connectivity index (χ1n) is 9.27. The summed E-state index contributed by atoms with van der Waals surface area (Å²) < 4.78 is 40.3. The van der Waals surface area contributed by atoms with Crippen molar-refractivity contribution in [2.75, 3.05) is 18.4 Å². The van der Waals surface area contributed by atoms with Crippen LogP contribution in [0.5, 0.6) is 5.75 Å². The fraction of sp³-hybridized carbons (Fsp3) is 0.381. The van der Waals surface area contributed by atoms with Gasteiger partial charge in [0.2, 0.25) is 0 Å². The van der Waals surface area contributed by atoms with E-state index < -0.39 is 6.36 Å². The molecule has 0 unspecified atom stereocenters. The molecule has 4 nitrogen and oxygen atoms in total. The lowest BCUT2D eigenvalue weighted by molar-refractivity contribution is -0.274. The molecule has 0 aromatic heterocycles. The highest BCUT2D eigenvalue weighted by atomic mass is 19.4. The number of hydrogen-bond donors (Lipinski definition) is 1. The molecular formula is C21H23F3N2O2. The van der Waals surface area contributed by atoms with Gasteiger partial charge in [-0.15, -0.1) is 13.2 Å². The summed E-state index contributed by atoms with van der Waals surface area (Å²) >= 11 is 0. The maximum absolute atomic E-state index is 12.3. The van der Waals surface area contributed by atoms with Crippen molar-refractivity contribution in [3.63, 3.8) is 0 Å². The summed E-state index contributed by atoms with van der Waals surface area (Å²) in [6, 6.07) is 12.5. The normalized spacial score (nSPS) is 17.9. The van der Waals surface area contributed by atoms with Crippen LogP contribution < -0.4 is 10.1 Å². The molecule has 3 rings (SSSR count). The molecule has 1 aliphatic rings. The predicted molar refractivity (Wildman–Crippen MR) is 101 cm³/mol. The molecule has 2 aromatic carbocycles. The second-order valence-electron chi connectivity index (χ2n) is 7.21. The van der Waals surface area contributed by atoms with Gasteiger partial charge in [-0.2, -0.15) is 0 Å². The number of hydrogen-bond acceptors (Lipinski definition) is 3. The summed E-state index contributed by atoms with van der Waals surface area (Å²) in [7, 11) is 0. The average molecular weight is 392 g/mol. The first-order valence-corrected chi connectivity index (χ1v) is 9.27. The van der Waals surface area contributed by atoms with Crippen LogP contribution in [0.15, 0.2) is 48.5 Å². The van der Waals surface area contributed by atoms with Crippen LogP contribution in [0.25, 0.3) is 0 Å². The van der Waals surface area contributed by atoms with E-state index in [4.69, 9.17) is 0 Å². The van der Waals surface area contributed by atoms with Crippen molar-refractivity contribution < 1.29 is 22.7 Å². The van der Waals surface area contributed by atoms with E-state index in [-0.39, 0.29) is 11.7 Å². The lowest BCUT2D eigenvalue weighted by Gasteiger charge is -2.30. The Morgan fingerprint density at radius 3 is 2.43 bits per heavy atom. The van der Waals surface area contributed by atoms with Gasteiger partial charge in [0.05, 0.1) is 0 Å². The number of halogens is 3. The number of nitrogens with zero attached hydrogens (tertiary/aromatic N) is 1. The van der Waals surface area contributed by atoms with Gasteiger partial charge in [0, 0.05) is 24.3 Å². The third kappa shape index (κ3) is 5.99. The summed E-state index contributed by atoms with van der Waals surface area (Å²) in [6.45, 7) is 5.32. The van der Waals surface area contributed by atoms with Crippen molar-refractivity contribution >= 4 is 11.6 Å². The van der Waals surface area contributed by atoms with Crippen molar-refractivity contribution in [3.05, 3.63) is 59.7 Å². The van der Waals surface area contributed by atoms with Crippen LogP contribution >= 0.6 is 0 Å². The van der Waals surface area contributed by atoms with Gasteiger partial charge in [-0.25, -0.2) is 0 Å². The number of piperidine rings is 1. The van der Waals surface area contributed by atoms with Crippen LogP contribution in [-0.4, -0.2) is 30.3 Å². The second kappa shape index (κ2) is 8.65. The minimum Gasteiger partial charge on any atom is -0.406 e. The molecule has 0 saturated carbocycles. The van der Waals surface area contributed by atoms with E-state index >= 15 is 0 Å². The standard InChI is InChI=1S/C21H23F3N2O2/c1-15-3-2-12-26(13-15)14-16-4-6-17(7-5-16)20(27)25-18-8-10-19(11-9-18)28-21(22,23)24/h4-11,15H,2-3,12-14H2,1H3,(H,25,27)/t15-/m0/s1. The van der Waals surface area contributed by atoms with Crippen molar-refractivity contribution in [1.29, 1.82) is 0 Å². The number of alkyl halides is 3. The van der Waals surface area contributed by atoms with Gasteiger partial charge in [0.1, 0.15) is 5.75 Å². The smallest absolute Gasteiger partial charge is 0.406 e. The lowest BCUT2D eigenvalue weighted by Crippen LogP contribution is -2.33. The highest BCUT2D eigenvalue weighted by Crippen LogP contribution is 2.24. The van der Waals surface area contributed by atoms with Crippen LogP contribution in [0.4, 0.5) is 18.9 Å². The summed E-state index contributed by atoms with van der Waals surface area (Å²) in [5, 5.41) is 2.67. The summed E-state index contributed by atoms with van der Waals surface area (Å²) in [6.07, 6.45) is -2.24. The molecule has 1 aliphatic heterocycles. The van der Waals surface area contributed by atoms with E-state index in [2.05, 4.69) is 21.9 Å². The molecule has 1 N–H and O–H groups in total. The molecule has 1 fully saturated rings. The van der Waals surface area contributed by atoms with Gasteiger partial charge in [-0.3, -0.25) is 9.69 Å². The van der Waals surface area contributed by atoms with E-state index in [1.807, 2.05) is 12.1 Å². The minimum atomic E-state index is -4.74. The van der Waals surface area contributed by atoms with Crippen LogP contribution in [0.3, 0.4) is 0 Å². The Morgan fingerprint density at radius 1 is 1.14 bits per heavy atom. The highest BCUT2D eigenvalue weighted by molar-refractivity contribution is 6.04. The number of amides is 1. The van der Waals surface area contributed by atoms with E-state index in [1.165, 1.54) is 25.0 Å². The first kappa shape index (κ1) is 20.2. The molecule has 0 radical (unpaired) electrons. The molecule has 0 aliphatic carbocycles. The van der Waals surface area contributed by atoms with Crippen LogP contribution in [-0.2, 0) is 6.54 Å². The number of nitrogens with one attached hydrogen (secondary N) is 1. The summed E-state index contributed by atoms with van der Waals surface area (Å²) in [5.41, 5.74) is 2.04. The predicted octanol–water partition coefficient (Wildman–Crippen LogP) is 5.07. The monoisotopic (exact) mass is 392 g/mol. The Morgan fingerprint density at radius 2 is 1.82 bits per heavy atom. The van der Waals surface area contributed by atoms with E-state index in [1.54, 1.807) is 12.1 Å². The Balaban J connectivity index is 1.55. The average Bonchev–Trinajstić information content (AvgIpc) is 2.63. The fourth-order valence-corrected chi connectivity index (χ4v) is 3.39. The van der Waals surface area contributed by atoms with Gasteiger partial charge in [0.25, 0.3) is 5.91 Å². The number of likely N-dealkylation sites (tertiary alicyclic amines) is 1. The topological polar surface area (TPSA) is 41.6 Å². The van der Waals surface area contributed by atoms with Gasteiger partial charge >= 0.3 is 6.36 Å². The van der Waals surface area contributed by atoms with Crippen LogP contribution in [0, 0.1) is 5.92 Å². The molecule has 150 valence electrons. The number of rotatable bonds is 5. The molecule has 1 heterocycles. The number of anilines is 1. The number of ether oxygens (including phenoxy) is 1. The largest absolute Gasteiger partial charge is 0.573 e. The molecule has 0 spiro atoms. The zero-order valence-electron chi connectivity index (χ0n) is 15.6. The van der Waals surface area contributed by atoms with Crippen LogP contribution in [0.2, 0.25) is 0 Å². The van der Waals surface area contributed by atoms with Crippen molar-refractivity contribution in [3.8, 4) is 5.75 Å². The molecule has 0 bridgehead atoms. The van der Waals surface area contributed by atoms with E-state index in [0.29, 0.717) is 17.2 Å². The Bertz CT molecular complexity index is 789. The van der Waals surface area contributed by atoms with Crippen molar-refractivity contribution in [2.45, 2.75) is 32.7 Å². The maximum atomic E-state index is 12.3. The number of carbonyl (C=O) groups excluding carboxylic acids is 1. The highest BCUT2D eigenvalue weighted by Gasteiger charge is 2.31. The van der Waals surface area contributed by atoms with Crippen molar-refractivity contribution in [2.24, 2.45) is 5.92 Å². The summed E-state index contributed by atoms with van der Waals surface area (Å²) in [5.74, 6) is 0.0660. The molecular weight excluding hydrogens is 369 g/mol. The Hall–Kier alpha value is -2.54. The zero-order chi connectivity index (χ0) is 20.1. The summed E-state index contributed by atoms with van der Waals surface area (Å²) in [4.78, 5) is 14.8. The lowest BCUT2D eigenvalue weighted by atomic mass is 9.99. The fourth-order valence-electron chi connectivity index (χ4n) is 3.39. The van der Waals surface area contributed by atoms with Crippen molar-refractivity contribution in [1.82, 2.24) is 4.90 Å². The van der Waals surface area contributed by atoms with Gasteiger partial charge < -0.3 is 10.1 Å². The van der Waals surface area contributed by atoms with Gasteiger partial charge in [-0.05, 0) is 67.3 Å². The molecule has 7 heteroatoms. The Kier molecular flexibility index (Phi) is 6.24. The third-order valence-corrected chi connectivity index (χ3v) is 4.71. The van der Waals surface area contributed by atoms with Gasteiger partial charge in [0.15, 0.2) is 0 Å². The van der Waals surface area contributed by atoms with Gasteiger partial charge in [-0.1, -0.05) is 19.1 Å². The van der Waals surface area contributed by atoms with Crippen LogP contribution in [0.1, 0.15) is 35.7 Å².